The van der Waals surface area contributed by atoms with E-state index in [-0.39, 0.29) is 12.1 Å². The number of furan rings is 1. The van der Waals surface area contributed by atoms with Gasteiger partial charge in [0.2, 0.25) is 0 Å². The SMILES string of the molecule is CC1=CCCC2=C[C@@H](OC2=O)c2c(C)coc2C1. The minimum absolute atomic E-state index is 0.181. The average Bonchev–Trinajstić information content (AvgIpc) is 2.83. The van der Waals surface area contributed by atoms with Crippen molar-refractivity contribution in [2.75, 3.05) is 0 Å². The van der Waals surface area contributed by atoms with Crippen molar-refractivity contribution in [3.8, 4) is 0 Å². The number of hydrogen-bond acceptors (Lipinski definition) is 3. The lowest BCUT2D eigenvalue weighted by molar-refractivity contribution is -0.140. The molecule has 1 aliphatic carbocycles. The van der Waals surface area contributed by atoms with Crippen LogP contribution in [0.15, 0.2) is 34.0 Å². The molecule has 0 fully saturated rings. The first-order valence-electron chi connectivity index (χ1n) is 6.29. The van der Waals surface area contributed by atoms with Crippen LogP contribution in [-0.2, 0) is 16.0 Å². The summed E-state index contributed by atoms with van der Waals surface area (Å²) in [5, 5.41) is 0. The van der Waals surface area contributed by atoms with Gasteiger partial charge in [0.15, 0.2) is 0 Å². The van der Waals surface area contributed by atoms with Crippen molar-refractivity contribution >= 4 is 5.97 Å². The first kappa shape index (κ1) is 11.3. The molecule has 1 aromatic rings. The molecule has 0 N–H and O–H groups in total. The molecule has 0 saturated heterocycles. The molecule has 94 valence electrons. The smallest absolute Gasteiger partial charge is 0.334 e. The summed E-state index contributed by atoms with van der Waals surface area (Å²) in [6.45, 7) is 4.09. The van der Waals surface area contributed by atoms with Crippen LogP contribution in [0.1, 0.15) is 42.8 Å². The fourth-order valence-corrected chi connectivity index (χ4v) is 2.63. The van der Waals surface area contributed by atoms with E-state index in [2.05, 4.69) is 13.0 Å². The molecule has 2 bridgehead atoms. The zero-order chi connectivity index (χ0) is 12.7. The van der Waals surface area contributed by atoms with E-state index in [0.29, 0.717) is 0 Å². The highest BCUT2D eigenvalue weighted by Gasteiger charge is 2.30. The van der Waals surface area contributed by atoms with Gasteiger partial charge in [0.25, 0.3) is 0 Å². The van der Waals surface area contributed by atoms with Gasteiger partial charge in [0.05, 0.1) is 6.26 Å². The topological polar surface area (TPSA) is 39.4 Å². The first-order chi connectivity index (χ1) is 8.65. The van der Waals surface area contributed by atoms with Crippen molar-refractivity contribution in [2.45, 2.75) is 39.2 Å². The molecule has 0 aromatic carbocycles. The summed E-state index contributed by atoms with van der Waals surface area (Å²) in [4.78, 5) is 11.8. The molecule has 0 amide bonds. The second-order valence-electron chi connectivity index (χ2n) is 5.04. The number of ether oxygens (including phenoxy) is 1. The van der Waals surface area contributed by atoms with E-state index < -0.39 is 0 Å². The predicted molar refractivity (Wildman–Crippen MR) is 67.1 cm³/mol. The van der Waals surface area contributed by atoms with Crippen LogP contribution in [0.2, 0.25) is 0 Å². The summed E-state index contributed by atoms with van der Waals surface area (Å²) in [6.07, 6.45) is 8.04. The van der Waals surface area contributed by atoms with Crippen LogP contribution < -0.4 is 0 Å². The lowest BCUT2D eigenvalue weighted by Gasteiger charge is -2.10. The summed E-state index contributed by atoms with van der Waals surface area (Å²) < 4.78 is 11.1. The van der Waals surface area contributed by atoms with Crippen molar-refractivity contribution in [1.29, 1.82) is 0 Å². The summed E-state index contributed by atoms with van der Waals surface area (Å²) in [5.41, 5.74) is 4.14. The maximum absolute atomic E-state index is 11.8. The Kier molecular flexibility index (Phi) is 2.62. The third-order valence-electron chi connectivity index (χ3n) is 3.58. The third kappa shape index (κ3) is 1.80. The van der Waals surface area contributed by atoms with Crippen molar-refractivity contribution in [2.24, 2.45) is 0 Å². The van der Waals surface area contributed by atoms with Crippen LogP contribution in [0.5, 0.6) is 0 Å². The molecule has 2 aliphatic rings. The van der Waals surface area contributed by atoms with Crippen LogP contribution in [0, 0.1) is 6.92 Å². The Balaban J connectivity index is 2.10. The van der Waals surface area contributed by atoms with E-state index >= 15 is 0 Å². The number of allylic oxidation sites excluding steroid dienone is 2. The highest BCUT2D eigenvalue weighted by Crippen LogP contribution is 2.36. The number of hydrogen-bond donors (Lipinski definition) is 0. The van der Waals surface area contributed by atoms with Crippen LogP contribution in [0.25, 0.3) is 0 Å². The van der Waals surface area contributed by atoms with Gasteiger partial charge in [-0.3, -0.25) is 0 Å². The monoisotopic (exact) mass is 244 g/mol. The van der Waals surface area contributed by atoms with Crippen LogP contribution in [0.3, 0.4) is 0 Å². The van der Waals surface area contributed by atoms with Gasteiger partial charge in [-0.25, -0.2) is 4.79 Å². The fraction of sp³-hybridized carbons (Fsp3) is 0.400. The molecule has 18 heavy (non-hydrogen) atoms. The Bertz CT molecular complexity index is 560. The Morgan fingerprint density at radius 3 is 3.00 bits per heavy atom. The van der Waals surface area contributed by atoms with E-state index in [1.165, 1.54) is 5.57 Å². The van der Waals surface area contributed by atoms with Crippen LogP contribution in [0.4, 0.5) is 0 Å². The number of fused-ring (bicyclic) bond motifs is 3. The van der Waals surface area contributed by atoms with Gasteiger partial charge in [0.1, 0.15) is 11.9 Å². The highest BCUT2D eigenvalue weighted by atomic mass is 16.5. The van der Waals surface area contributed by atoms with E-state index in [1.807, 2.05) is 13.0 Å². The van der Waals surface area contributed by atoms with Gasteiger partial charge in [-0.15, -0.1) is 0 Å². The normalized spacial score (nSPS) is 23.0. The minimum Gasteiger partial charge on any atom is -0.468 e. The number of rotatable bonds is 0. The second kappa shape index (κ2) is 4.16. The molecule has 1 aliphatic heterocycles. The molecule has 3 rings (SSSR count). The molecule has 2 heterocycles. The van der Waals surface area contributed by atoms with Gasteiger partial charge in [-0.2, -0.15) is 0 Å². The molecule has 1 aromatic heterocycles. The Hall–Kier alpha value is -1.77. The van der Waals surface area contributed by atoms with E-state index in [9.17, 15) is 4.79 Å². The first-order valence-corrected chi connectivity index (χ1v) is 6.29. The van der Waals surface area contributed by atoms with Crippen molar-refractivity contribution in [1.82, 2.24) is 0 Å². The van der Waals surface area contributed by atoms with Gasteiger partial charge >= 0.3 is 5.97 Å². The van der Waals surface area contributed by atoms with Crippen molar-refractivity contribution in [3.05, 3.63) is 46.4 Å². The molecule has 1 atom stereocenters. The van der Waals surface area contributed by atoms with Gasteiger partial charge in [0, 0.05) is 17.6 Å². The maximum atomic E-state index is 11.8. The molecule has 0 saturated carbocycles. The molecule has 3 nitrogen and oxygen atoms in total. The second-order valence-corrected chi connectivity index (χ2v) is 5.04. The molecule has 0 radical (unpaired) electrons. The number of esters is 1. The lowest BCUT2D eigenvalue weighted by Crippen LogP contribution is -2.04. The van der Waals surface area contributed by atoms with Crippen LogP contribution >= 0.6 is 0 Å². The standard InChI is InChI=1S/C15H16O3/c1-9-4-3-5-11-7-13(18-15(11)16)14-10(2)8-17-12(14)6-9/h4,7-8,13H,3,5-6H2,1-2H3/t13-/m1/s1. The molecule has 0 spiro atoms. The van der Waals surface area contributed by atoms with Gasteiger partial charge < -0.3 is 9.15 Å². The highest BCUT2D eigenvalue weighted by molar-refractivity contribution is 5.91. The predicted octanol–water partition coefficient (Wildman–Crippen LogP) is 3.39. The third-order valence-corrected chi connectivity index (χ3v) is 3.58. The van der Waals surface area contributed by atoms with E-state index in [1.54, 1.807) is 6.26 Å². The Labute approximate surface area is 106 Å². The number of carbonyl (C=O) groups excluding carboxylic acids is 1. The van der Waals surface area contributed by atoms with E-state index in [4.69, 9.17) is 9.15 Å². The van der Waals surface area contributed by atoms with Gasteiger partial charge in [-0.1, -0.05) is 11.6 Å². The summed E-state index contributed by atoms with van der Waals surface area (Å²) in [6, 6.07) is 0. The van der Waals surface area contributed by atoms with Crippen LogP contribution in [-0.4, -0.2) is 5.97 Å². The zero-order valence-electron chi connectivity index (χ0n) is 10.7. The molecule has 0 unspecified atom stereocenters. The summed E-state index contributed by atoms with van der Waals surface area (Å²) >= 11 is 0. The molecule has 3 heteroatoms. The lowest BCUT2D eigenvalue weighted by atomic mass is 9.98. The number of carbonyl (C=O) groups is 1. The molecular formula is C15H16O3. The Morgan fingerprint density at radius 1 is 1.33 bits per heavy atom. The minimum atomic E-state index is -0.257. The van der Waals surface area contributed by atoms with Gasteiger partial charge in [-0.05, 0) is 38.3 Å². The summed E-state index contributed by atoms with van der Waals surface area (Å²) in [7, 11) is 0. The average molecular weight is 244 g/mol. The zero-order valence-corrected chi connectivity index (χ0v) is 10.7. The number of aryl methyl sites for hydroxylation is 1. The van der Waals surface area contributed by atoms with Crippen molar-refractivity contribution < 1.29 is 13.9 Å². The maximum Gasteiger partial charge on any atom is 0.334 e. The molecular weight excluding hydrogens is 228 g/mol. The largest absolute Gasteiger partial charge is 0.468 e. The van der Waals surface area contributed by atoms with E-state index in [0.717, 1.165) is 41.7 Å². The fourth-order valence-electron chi connectivity index (χ4n) is 2.63. The quantitative estimate of drug-likeness (QED) is 0.518. The Morgan fingerprint density at radius 2 is 2.17 bits per heavy atom. The summed E-state index contributed by atoms with van der Waals surface area (Å²) in [5.74, 6) is 0.734. The van der Waals surface area contributed by atoms with Crippen molar-refractivity contribution in [3.63, 3.8) is 0 Å².